The van der Waals surface area contributed by atoms with Gasteiger partial charge in [0.15, 0.2) is 5.58 Å². The van der Waals surface area contributed by atoms with Crippen LogP contribution < -0.4 is 15.8 Å². The van der Waals surface area contributed by atoms with E-state index in [9.17, 15) is 19.7 Å². The Labute approximate surface area is 167 Å². The summed E-state index contributed by atoms with van der Waals surface area (Å²) in [7, 11) is 0. The molecule has 30 heavy (non-hydrogen) atoms. The van der Waals surface area contributed by atoms with Crippen molar-refractivity contribution in [2.75, 3.05) is 5.32 Å². The average molecular weight is 407 g/mol. The van der Waals surface area contributed by atoms with E-state index in [0.29, 0.717) is 11.4 Å². The maximum Gasteiger partial charge on any atom is 0.420 e. The minimum Gasteiger partial charge on any atom is -0.424 e. The minimum absolute atomic E-state index is 0.0339. The summed E-state index contributed by atoms with van der Waals surface area (Å²) in [5.41, 5.74) is 0.591. The number of nitro benzene ring substituents is 1. The standard InChI is InChI=1S/C19H13N5O6/c25-17(11-23-15-7-4-13(24(27)28)10-16(15)30-19(23)26)22-12-2-5-14(6-3-12)29-18-20-8-1-9-21-18/h1-10H,11H2,(H,22,25). The van der Waals surface area contributed by atoms with Crippen molar-refractivity contribution in [1.29, 1.82) is 0 Å². The van der Waals surface area contributed by atoms with Crippen LogP contribution in [0.5, 0.6) is 11.8 Å². The molecule has 0 aliphatic carbocycles. The molecule has 0 bridgehead atoms. The van der Waals surface area contributed by atoms with Gasteiger partial charge in [0.2, 0.25) is 5.91 Å². The second-order valence-electron chi connectivity index (χ2n) is 6.07. The zero-order valence-electron chi connectivity index (χ0n) is 15.2. The molecule has 1 amide bonds. The molecule has 4 aromatic rings. The number of benzene rings is 2. The van der Waals surface area contributed by atoms with Crippen molar-refractivity contribution < 1.29 is 18.9 Å². The van der Waals surface area contributed by atoms with Crippen molar-refractivity contribution in [3.05, 3.63) is 81.6 Å². The number of amides is 1. The van der Waals surface area contributed by atoms with Gasteiger partial charge in [0.05, 0.1) is 16.5 Å². The maximum absolute atomic E-state index is 12.4. The van der Waals surface area contributed by atoms with Crippen LogP contribution in [0, 0.1) is 10.1 Å². The van der Waals surface area contributed by atoms with Crippen molar-refractivity contribution in [2.24, 2.45) is 0 Å². The summed E-state index contributed by atoms with van der Waals surface area (Å²) in [6.07, 6.45) is 3.10. The summed E-state index contributed by atoms with van der Waals surface area (Å²) in [5.74, 6) is -0.775. The van der Waals surface area contributed by atoms with E-state index in [-0.39, 0.29) is 29.3 Å². The van der Waals surface area contributed by atoms with Gasteiger partial charge in [-0.15, -0.1) is 0 Å². The number of rotatable bonds is 6. The lowest BCUT2D eigenvalue weighted by Crippen LogP contribution is -2.24. The highest BCUT2D eigenvalue weighted by atomic mass is 16.6. The number of fused-ring (bicyclic) bond motifs is 1. The molecule has 1 N–H and O–H groups in total. The molecule has 4 rings (SSSR count). The summed E-state index contributed by atoms with van der Waals surface area (Å²) >= 11 is 0. The second kappa shape index (κ2) is 7.83. The molecule has 0 aliphatic rings. The molecule has 0 atom stereocenters. The molecule has 0 saturated carbocycles. The van der Waals surface area contributed by atoms with Crippen molar-refractivity contribution in [3.63, 3.8) is 0 Å². The van der Waals surface area contributed by atoms with Gasteiger partial charge >= 0.3 is 11.8 Å². The number of carbonyl (C=O) groups is 1. The number of ether oxygens (including phenoxy) is 1. The average Bonchev–Trinajstić information content (AvgIpc) is 3.04. The number of hydrogen-bond donors (Lipinski definition) is 1. The summed E-state index contributed by atoms with van der Waals surface area (Å²) in [5, 5.41) is 13.5. The number of anilines is 1. The molecule has 11 heteroatoms. The van der Waals surface area contributed by atoms with E-state index in [4.69, 9.17) is 9.15 Å². The van der Waals surface area contributed by atoms with Crippen LogP contribution >= 0.6 is 0 Å². The Bertz CT molecular complexity index is 1280. The zero-order chi connectivity index (χ0) is 21.1. The smallest absolute Gasteiger partial charge is 0.420 e. The van der Waals surface area contributed by atoms with Gasteiger partial charge in [-0.1, -0.05) is 0 Å². The predicted octanol–water partition coefficient (Wildman–Crippen LogP) is 2.72. The first kappa shape index (κ1) is 18.8. The van der Waals surface area contributed by atoms with Gasteiger partial charge < -0.3 is 14.5 Å². The number of nitrogens with one attached hydrogen (secondary N) is 1. The number of nitro groups is 1. The predicted molar refractivity (Wildman–Crippen MR) is 104 cm³/mol. The molecule has 2 heterocycles. The fourth-order valence-electron chi connectivity index (χ4n) is 2.71. The molecule has 0 saturated heterocycles. The topological polar surface area (TPSA) is 142 Å². The summed E-state index contributed by atoms with van der Waals surface area (Å²) < 4.78 is 11.6. The molecule has 150 valence electrons. The van der Waals surface area contributed by atoms with Gasteiger partial charge in [-0.25, -0.2) is 14.8 Å². The van der Waals surface area contributed by atoms with Crippen LogP contribution in [0.1, 0.15) is 0 Å². The highest BCUT2D eigenvalue weighted by Gasteiger charge is 2.16. The molecule has 0 fully saturated rings. The maximum atomic E-state index is 12.4. The Morgan fingerprint density at radius 3 is 2.60 bits per heavy atom. The highest BCUT2D eigenvalue weighted by molar-refractivity contribution is 5.91. The summed E-state index contributed by atoms with van der Waals surface area (Å²) in [6.45, 7) is -0.320. The number of oxazole rings is 1. The third-order valence-corrected chi connectivity index (χ3v) is 4.05. The SMILES string of the molecule is O=C(Cn1c(=O)oc2cc([N+](=O)[O-])ccc21)Nc1ccc(Oc2ncccn2)cc1. The lowest BCUT2D eigenvalue weighted by Gasteiger charge is -2.07. The van der Waals surface area contributed by atoms with Crippen LogP contribution in [-0.2, 0) is 11.3 Å². The molecular weight excluding hydrogens is 394 g/mol. The van der Waals surface area contributed by atoms with Crippen molar-refractivity contribution >= 4 is 28.4 Å². The van der Waals surface area contributed by atoms with Gasteiger partial charge in [-0.3, -0.25) is 19.5 Å². The van der Waals surface area contributed by atoms with Crippen LogP contribution in [0.25, 0.3) is 11.1 Å². The van der Waals surface area contributed by atoms with Crippen molar-refractivity contribution in [2.45, 2.75) is 6.54 Å². The number of nitrogens with zero attached hydrogens (tertiary/aromatic N) is 4. The van der Waals surface area contributed by atoms with Crippen molar-refractivity contribution in [3.8, 4) is 11.8 Å². The lowest BCUT2D eigenvalue weighted by molar-refractivity contribution is -0.384. The number of aromatic nitrogens is 3. The van der Waals surface area contributed by atoms with Gasteiger partial charge in [0.1, 0.15) is 12.3 Å². The van der Waals surface area contributed by atoms with Crippen molar-refractivity contribution in [1.82, 2.24) is 14.5 Å². The molecule has 0 radical (unpaired) electrons. The Balaban J connectivity index is 1.45. The van der Waals surface area contributed by atoms with E-state index in [1.807, 2.05) is 0 Å². The van der Waals surface area contributed by atoms with Crippen LogP contribution in [0.3, 0.4) is 0 Å². The molecule has 0 spiro atoms. The molecule has 2 aromatic carbocycles. The fraction of sp³-hybridized carbons (Fsp3) is 0.0526. The summed E-state index contributed by atoms with van der Waals surface area (Å²) in [4.78, 5) is 42.6. The number of carbonyl (C=O) groups excluding carboxylic acids is 1. The second-order valence-corrected chi connectivity index (χ2v) is 6.07. The lowest BCUT2D eigenvalue weighted by atomic mass is 10.3. The summed E-state index contributed by atoms with van der Waals surface area (Å²) in [6, 6.07) is 12.1. The van der Waals surface area contributed by atoms with Gasteiger partial charge in [0.25, 0.3) is 5.69 Å². The molecule has 2 aromatic heterocycles. The van der Waals surface area contributed by atoms with E-state index >= 15 is 0 Å². The van der Waals surface area contributed by atoms with Gasteiger partial charge in [-0.05, 0) is 36.4 Å². The Hall–Kier alpha value is -4.54. The van der Waals surface area contributed by atoms with Gasteiger partial charge in [0, 0.05) is 24.1 Å². The molecule has 0 unspecified atom stereocenters. The van der Waals surface area contributed by atoms with E-state index < -0.39 is 16.6 Å². The normalized spacial score (nSPS) is 10.7. The Morgan fingerprint density at radius 1 is 1.17 bits per heavy atom. The first-order valence-corrected chi connectivity index (χ1v) is 8.62. The largest absolute Gasteiger partial charge is 0.424 e. The molecular formula is C19H13N5O6. The fourth-order valence-corrected chi connectivity index (χ4v) is 2.71. The highest BCUT2D eigenvalue weighted by Crippen LogP contribution is 2.21. The van der Waals surface area contributed by atoms with E-state index in [1.165, 1.54) is 12.1 Å². The Morgan fingerprint density at radius 2 is 1.90 bits per heavy atom. The third kappa shape index (κ3) is 3.99. The first-order valence-electron chi connectivity index (χ1n) is 8.62. The Kier molecular flexibility index (Phi) is 4.91. The first-order chi connectivity index (χ1) is 14.5. The monoisotopic (exact) mass is 407 g/mol. The van der Waals surface area contributed by atoms with Crippen LogP contribution in [0.15, 0.2) is 70.1 Å². The van der Waals surface area contributed by atoms with Crippen LogP contribution in [0.2, 0.25) is 0 Å². The number of non-ortho nitro benzene ring substituents is 1. The quantitative estimate of drug-likeness (QED) is 0.380. The number of hydrogen-bond acceptors (Lipinski definition) is 8. The van der Waals surface area contributed by atoms with Crippen LogP contribution in [-0.4, -0.2) is 25.4 Å². The molecule has 0 aliphatic heterocycles. The van der Waals surface area contributed by atoms with Gasteiger partial charge in [-0.2, -0.15) is 0 Å². The minimum atomic E-state index is -0.785. The van der Waals surface area contributed by atoms with Crippen LogP contribution in [0.4, 0.5) is 11.4 Å². The third-order valence-electron chi connectivity index (χ3n) is 4.05. The molecule has 11 nitrogen and oxygen atoms in total. The zero-order valence-corrected chi connectivity index (χ0v) is 15.2. The van der Waals surface area contributed by atoms with E-state index in [1.54, 1.807) is 42.7 Å². The van der Waals surface area contributed by atoms with E-state index in [0.717, 1.165) is 10.6 Å². The van der Waals surface area contributed by atoms with E-state index in [2.05, 4.69) is 15.3 Å².